The molecule has 1 aliphatic carbocycles. The Morgan fingerprint density at radius 3 is 2.87 bits per heavy atom. The predicted octanol–water partition coefficient (Wildman–Crippen LogP) is 0.198. The maximum Gasteiger partial charge on any atom is 0.251 e. The molecule has 1 rings (SSSR count). The van der Waals surface area contributed by atoms with E-state index in [2.05, 4.69) is 5.48 Å². The van der Waals surface area contributed by atoms with Crippen molar-refractivity contribution in [3.8, 4) is 0 Å². The van der Waals surface area contributed by atoms with Crippen molar-refractivity contribution in [2.45, 2.75) is 32.2 Å². The number of carbonyl (C=O) groups is 1. The van der Waals surface area contributed by atoms with Gasteiger partial charge in [-0.2, -0.15) is 0 Å². The van der Waals surface area contributed by atoms with E-state index < -0.39 is 5.41 Å². The second kappa shape index (κ2) is 5.44. The summed E-state index contributed by atoms with van der Waals surface area (Å²) in [6.45, 7) is 2.70. The molecule has 88 valence electrons. The Bertz CT molecular complexity index is 223. The first-order valence-electron chi connectivity index (χ1n) is 5.28. The van der Waals surface area contributed by atoms with Gasteiger partial charge < -0.3 is 10.5 Å². The molecule has 5 nitrogen and oxygen atoms in total. The molecule has 0 aromatic heterocycles. The van der Waals surface area contributed by atoms with Crippen LogP contribution >= 0.6 is 0 Å². The molecule has 2 unspecified atom stereocenters. The van der Waals surface area contributed by atoms with Crippen LogP contribution in [0.4, 0.5) is 0 Å². The third-order valence-corrected chi connectivity index (χ3v) is 3.10. The summed E-state index contributed by atoms with van der Waals surface area (Å²) in [7, 11) is 1.58. The van der Waals surface area contributed by atoms with E-state index >= 15 is 0 Å². The van der Waals surface area contributed by atoms with Crippen LogP contribution < -0.4 is 11.2 Å². The van der Waals surface area contributed by atoms with Crippen LogP contribution in [-0.4, -0.2) is 32.3 Å². The van der Waals surface area contributed by atoms with Gasteiger partial charge in [-0.1, -0.05) is 6.42 Å². The summed E-state index contributed by atoms with van der Waals surface area (Å²) in [5.74, 6) is -0.122. The highest BCUT2D eigenvalue weighted by Gasteiger charge is 2.43. The number of hydroxylamine groups is 1. The van der Waals surface area contributed by atoms with Gasteiger partial charge >= 0.3 is 0 Å². The first-order chi connectivity index (χ1) is 7.11. The van der Waals surface area contributed by atoms with Gasteiger partial charge in [0.1, 0.15) is 0 Å². The van der Waals surface area contributed by atoms with Gasteiger partial charge in [-0.3, -0.25) is 9.63 Å². The van der Waals surface area contributed by atoms with Gasteiger partial charge in [0, 0.05) is 13.2 Å². The Labute approximate surface area is 90.3 Å². The Morgan fingerprint density at radius 1 is 1.60 bits per heavy atom. The first-order valence-corrected chi connectivity index (χ1v) is 5.28. The standard InChI is InChI=1S/C10H20N2O3/c1-10(5-3-4-8(10)11)9(13)12-15-7-6-14-2/h8H,3-7,11H2,1-2H3,(H,12,13). The second-order valence-corrected chi connectivity index (χ2v) is 4.19. The third-order valence-electron chi connectivity index (χ3n) is 3.10. The molecular weight excluding hydrogens is 196 g/mol. The highest BCUT2D eigenvalue weighted by Crippen LogP contribution is 2.36. The quantitative estimate of drug-likeness (QED) is 0.508. The van der Waals surface area contributed by atoms with Crippen molar-refractivity contribution in [1.82, 2.24) is 5.48 Å². The molecule has 2 atom stereocenters. The molecule has 1 aliphatic rings. The van der Waals surface area contributed by atoms with Crippen LogP contribution in [0.25, 0.3) is 0 Å². The minimum atomic E-state index is -0.479. The first kappa shape index (κ1) is 12.4. The van der Waals surface area contributed by atoms with Gasteiger partial charge in [0.15, 0.2) is 0 Å². The van der Waals surface area contributed by atoms with Crippen molar-refractivity contribution in [1.29, 1.82) is 0 Å². The van der Waals surface area contributed by atoms with E-state index in [0.29, 0.717) is 13.2 Å². The lowest BCUT2D eigenvalue weighted by Crippen LogP contribution is -2.47. The number of carbonyl (C=O) groups excluding carboxylic acids is 1. The van der Waals surface area contributed by atoms with Crippen molar-refractivity contribution in [2.24, 2.45) is 11.1 Å². The van der Waals surface area contributed by atoms with E-state index in [-0.39, 0.29) is 11.9 Å². The van der Waals surface area contributed by atoms with Crippen molar-refractivity contribution in [3.05, 3.63) is 0 Å². The zero-order valence-electron chi connectivity index (χ0n) is 9.41. The number of methoxy groups -OCH3 is 1. The van der Waals surface area contributed by atoms with Crippen LogP contribution in [0.15, 0.2) is 0 Å². The van der Waals surface area contributed by atoms with E-state index in [1.54, 1.807) is 7.11 Å². The highest BCUT2D eigenvalue weighted by molar-refractivity contribution is 5.82. The Balaban J connectivity index is 2.32. The zero-order valence-corrected chi connectivity index (χ0v) is 9.41. The smallest absolute Gasteiger partial charge is 0.251 e. The zero-order chi connectivity index (χ0) is 11.3. The summed E-state index contributed by atoms with van der Waals surface area (Å²) in [5.41, 5.74) is 7.86. The third kappa shape index (κ3) is 2.90. The van der Waals surface area contributed by atoms with E-state index in [9.17, 15) is 4.79 Å². The summed E-state index contributed by atoms with van der Waals surface area (Å²) in [6.07, 6.45) is 2.73. The van der Waals surface area contributed by atoms with E-state index in [1.807, 2.05) is 6.92 Å². The predicted molar refractivity (Wildman–Crippen MR) is 55.9 cm³/mol. The van der Waals surface area contributed by atoms with Crippen molar-refractivity contribution in [3.63, 3.8) is 0 Å². The van der Waals surface area contributed by atoms with Crippen LogP contribution in [0.2, 0.25) is 0 Å². The van der Waals surface area contributed by atoms with E-state index in [4.69, 9.17) is 15.3 Å². The number of hydrogen-bond donors (Lipinski definition) is 2. The maximum atomic E-state index is 11.8. The summed E-state index contributed by atoms with van der Waals surface area (Å²) in [5, 5.41) is 0. The van der Waals surface area contributed by atoms with Crippen LogP contribution in [0, 0.1) is 5.41 Å². The van der Waals surface area contributed by atoms with Gasteiger partial charge in [-0.15, -0.1) is 0 Å². The van der Waals surface area contributed by atoms with Gasteiger partial charge in [0.2, 0.25) is 0 Å². The summed E-state index contributed by atoms with van der Waals surface area (Å²) < 4.78 is 4.79. The van der Waals surface area contributed by atoms with Crippen LogP contribution in [-0.2, 0) is 14.4 Å². The van der Waals surface area contributed by atoms with Crippen LogP contribution in [0.5, 0.6) is 0 Å². The number of ether oxygens (including phenoxy) is 1. The summed E-state index contributed by atoms with van der Waals surface area (Å²) >= 11 is 0. The molecule has 1 saturated carbocycles. The molecule has 0 heterocycles. The number of nitrogens with two attached hydrogens (primary N) is 1. The molecule has 1 amide bonds. The number of hydrogen-bond acceptors (Lipinski definition) is 4. The van der Waals surface area contributed by atoms with Gasteiger partial charge in [-0.05, 0) is 19.8 Å². The fourth-order valence-electron chi connectivity index (χ4n) is 1.83. The molecule has 1 fully saturated rings. The minimum Gasteiger partial charge on any atom is -0.382 e. The molecule has 15 heavy (non-hydrogen) atoms. The van der Waals surface area contributed by atoms with Crippen LogP contribution in [0.1, 0.15) is 26.2 Å². The molecule has 0 aromatic carbocycles. The second-order valence-electron chi connectivity index (χ2n) is 4.19. The monoisotopic (exact) mass is 216 g/mol. The largest absolute Gasteiger partial charge is 0.382 e. The normalized spacial score (nSPS) is 30.5. The molecule has 0 radical (unpaired) electrons. The van der Waals surface area contributed by atoms with Crippen molar-refractivity contribution in [2.75, 3.05) is 20.3 Å². The topological polar surface area (TPSA) is 73.6 Å². The molecule has 5 heteroatoms. The fraction of sp³-hybridized carbons (Fsp3) is 0.900. The lowest BCUT2D eigenvalue weighted by atomic mass is 9.84. The van der Waals surface area contributed by atoms with E-state index in [0.717, 1.165) is 19.3 Å². The van der Waals surface area contributed by atoms with Gasteiger partial charge in [0.05, 0.1) is 18.6 Å². The number of nitrogens with one attached hydrogen (secondary N) is 1. The Kier molecular flexibility index (Phi) is 4.50. The molecule has 0 spiro atoms. The van der Waals surface area contributed by atoms with Crippen LogP contribution in [0.3, 0.4) is 0 Å². The average molecular weight is 216 g/mol. The molecule has 0 aliphatic heterocycles. The molecule has 0 aromatic rings. The van der Waals surface area contributed by atoms with Crippen molar-refractivity contribution >= 4 is 5.91 Å². The van der Waals surface area contributed by atoms with Crippen molar-refractivity contribution < 1.29 is 14.4 Å². The lowest BCUT2D eigenvalue weighted by molar-refractivity contribution is -0.144. The van der Waals surface area contributed by atoms with E-state index in [1.165, 1.54) is 0 Å². The average Bonchev–Trinajstić information content (AvgIpc) is 2.55. The van der Waals surface area contributed by atoms with Gasteiger partial charge in [-0.25, -0.2) is 5.48 Å². The summed E-state index contributed by atoms with van der Waals surface area (Å²) in [4.78, 5) is 16.8. The number of amides is 1. The molecular formula is C10H20N2O3. The summed E-state index contributed by atoms with van der Waals surface area (Å²) in [6, 6.07) is -0.0662. The Morgan fingerprint density at radius 2 is 2.33 bits per heavy atom. The highest BCUT2D eigenvalue weighted by atomic mass is 16.7. The number of rotatable bonds is 5. The molecule has 0 bridgehead atoms. The SMILES string of the molecule is COCCONC(=O)C1(C)CCCC1N. The fourth-order valence-corrected chi connectivity index (χ4v) is 1.83. The van der Waals surface area contributed by atoms with Gasteiger partial charge in [0.25, 0.3) is 5.91 Å². The maximum absolute atomic E-state index is 11.8. The molecule has 3 N–H and O–H groups in total. The minimum absolute atomic E-state index is 0.0662. The molecule has 0 saturated heterocycles. The lowest BCUT2D eigenvalue weighted by Gasteiger charge is -2.26. The Hall–Kier alpha value is -0.650.